The van der Waals surface area contributed by atoms with Gasteiger partial charge in [-0.05, 0) is 31.5 Å². The van der Waals surface area contributed by atoms with Crippen molar-refractivity contribution in [2.75, 3.05) is 19.7 Å². The van der Waals surface area contributed by atoms with Gasteiger partial charge in [-0.3, -0.25) is 4.79 Å². The molecule has 1 aromatic carbocycles. The molecule has 0 saturated heterocycles. The van der Waals surface area contributed by atoms with Crippen LogP contribution in [-0.4, -0.2) is 35.6 Å². The Hall–Kier alpha value is -1.50. The van der Waals surface area contributed by atoms with Gasteiger partial charge in [0.15, 0.2) is 0 Å². The highest BCUT2D eigenvalue weighted by Gasteiger charge is 2.14. The van der Waals surface area contributed by atoms with Crippen molar-refractivity contribution in [3.63, 3.8) is 0 Å². The molecule has 0 atom stereocenters. The number of hydrogen-bond donors (Lipinski definition) is 1. The third-order valence-electron chi connectivity index (χ3n) is 2.97. The minimum Gasteiger partial charge on any atom is -0.384 e. The van der Waals surface area contributed by atoms with Crippen LogP contribution in [0.2, 0.25) is 5.02 Å². The number of amides is 1. The summed E-state index contributed by atoms with van der Waals surface area (Å²) in [4.78, 5) is 14.2. The number of benzene rings is 1. The molecule has 1 amide bonds. The molecule has 3 nitrogen and oxygen atoms in total. The quantitative estimate of drug-likeness (QED) is 0.848. The predicted molar refractivity (Wildman–Crippen MR) is 81.9 cm³/mol. The largest absolute Gasteiger partial charge is 0.384 e. The average Bonchev–Trinajstić information content (AvgIpc) is 2.46. The number of unbranched alkanes of at least 4 members (excludes halogenated alkanes) is 1. The second kappa shape index (κ2) is 8.63. The Kier molecular flexibility index (Phi) is 7.14. The Bertz CT molecular complexity index is 517. The molecular weight excluding hydrogens is 274 g/mol. The van der Waals surface area contributed by atoms with Gasteiger partial charge in [0.05, 0.1) is 5.02 Å². The van der Waals surface area contributed by atoms with Crippen LogP contribution in [-0.2, 0) is 0 Å². The van der Waals surface area contributed by atoms with Crippen LogP contribution in [0.4, 0.5) is 0 Å². The van der Waals surface area contributed by atoms with Gasteiger partial charge in [0.25, 0.3) is 5.91 Å². The minimum absolute atomic E-state index is 0.00971. The van der Waals surface area contributed by atoms with E-state index < -0.39 is 0 Å². The van der Waals surface area contributed by atoms with E-state index in [0.29, 0.717) is 22.7 Å². The first-order valence-corrected chi connectivity index (χ1v) is 7.20. The molecule has 0 aliphatic carbocycles. The van der Waals surface area contributed by atoms with Crippen LogP contribution in [0.15, 0.2) is 18.2 Å². The van der Waals surface area contributed by atoms with Crippen LogP contribution in [0.3, 0.4) is 0 Å². The molecule has 0 fully saturated rings. The zero-order chi connectivity index (χ0) is 15.0. The monoisotopic (exact) mass is 293 g/mol. The number of rotatable bonds is 5. The highest BCUT2D eigenvalue weighted by molar-refractivity contribution is 6.32. The molecule has 0 radical (unpaired) electrons. The first kappa shape index (κ1) is 16.6. The van der Waals surface area contributed by atoms with Crippen LogP contribution in [0.25, 0.3) is 0 Å². The summed E-state index contributed by atoms with van der Waals surface area (Å²) in [6.45, 7) is 5.30. The topological polar surface area (TPSA) is 40.5 Å². The zero-order valence-corrected chi connectivity index (χ0v) is 12.7. The lowest BCUT2D eigenvalue weighted by atomic mass is 10.1. The summed E-state index contributed by atoms with van der Waals surface area (Å²) in [5, 5.41) is 9.10. The number of hydrogen-bond acceptors (Lipinski definition) is 2. The predicted octanol–water partition coefficient (Wildman–Crippen LogP) is 2.95. The van der Waals surface area contributed by atoms with E-state index in [1.807, 2.05) is 11.8 Å². The van der Waals surface area contributed by atoms with Gasteiger partial charge in [0.1, 0.15) is 6.61 Å². The highest BCUT2D eigenvalue weighted by atomic mass is 35.5. The number of aliphatic hydroxyl groups excluding tert-OH is 1. The number of aliphatic hydroxyl groups is 1. The van der Waals surface area contributed by atoms with Crippen molar-refractivity contribution in [2.24, 2.45) is 0 Å². The number of nitrogens with zero attached hydrogens (tertiary/aromatic N) is 1. The van der Waals surface area contributed by atoms with Crippen LogP contribution in [0, 0.1) is 11.8 Å². The summed E-state index contributed by atoms with van der Waals surface area (Å²) in [6, 6.07) is 5.08. The molecule has 0 aliphatic heterocycles. The van der Waals surface area contributed by atoms with Crippen molar-refractivity contribution in [1.82, 2.24) is 4.90 Å². The molecule has 1 rings (SSSR count). The van der Waals surface area contributed by atoms with Crippen LogP contribution in [0.5, 0.6) is 0 Å². The highest BCUT2D eigenvalue weighted by Crippen LogP contribution is 2.18. The third-order valence-corrected chi connectivity index (χ3v) is 3.28. The Morgan fingerprint density at radius 1 is 1.40 bits per heavy atom. The van der Waals surface area contributed by atoms with E-state index in [0.717, 1.165) is 19.4 Å². The maximum absolute atomic E-state index is 12.4. The van der Waals surface area contributed by atoms with Crippen LogP contribution in [0.1, 0.15) is 42.6 Å². The first-order valence-electron chi connectivity index (χ1n) is 6.82. The van der Waals surface area contributed by atoms with E-state index in [4.69, 9.17) is 16.7 Å². The minimum atomic E-state index is -0.211. The van der Waals surface area contributed by atoms with Crippen molar-refractivity contribution in [3.8, 4) is 11.8 Å². The van der Waals surface area contributed by atoms with Gasteiger partial charge in [-0.15, -0.1) is 0 Å². The van der Waals surface area contributed by atoms with Gasteiger partial charge in [0, 0.05) is 24.2 Å². The fourth-order valence-electron chi connectivity index (χ4n) is 1.82. The van der Waals surface area contributed by atoms with E-state index in [1.165, 1.54) is 0 Å². The number of halogens is 1. The van der Waals surface area contributed by atoms with E-state index in [2.05, 4.69) is 18.8 Å². The van der Waals surface area contributed by atoms with Crippen molar-refractivity contribution in [3.05, 3.63) is 34.3 Å². The molecule has 0 aromatic heterocycles. The summed E-state index contributed by atoms with van der Waals surface area (Å²) in [5.41, 5.74) is 1.19. The Morgan fingerprint density at radius 2 is 2.15 bits per heavy atom. The normalized spacial score (nSPS) is 9.80. The fraction of sp³-hybridized carbons (Fsp3) is 0.438. The molecule has 20 heavy (non-hydrogen) atoms. The molecule has 0 aliphatic rings. The van der Waals surface area contributed by atoms with Crippen molar-refractivity contribution >= 4 is 17.5 Å². The van der Waals surface area contributed by atoms with Crippen molar-refractivity contribution in [1.29, 1.82) is 0 Å². The maximum atomic E-state index is 12.4. The standard InChI is InChI=1S/C16H20ClNO2/c1-3-5-10-18(4-2)16(20)14-9-8-13(7-6-11-19)15(17)12-14/h8-9,12,19H,3-5,10-11H2,1-2H3. The maximum Gasteiger partial charge on any atom is 0.253 e. The Balaban J connectivity index is 2.90. The van der Waals surface area contributed by atoms with E-state index in [-0.39, 0.29) is 12.5 Å². The van der Waals surface area contributed by atoms with E-state index >= 15 is 0 Å². The smallest absolute Gasteiger partial charge is 0.253 e. The van der Waals surface area contributed by atoms with Gasteiger partial charge in [0.2, 0.25) is 0 Å². The molecule has 0 spiro atoms. The van der Waals surface area contributed by atoms with Crippen molar-refractivity contribution < 1.29 is 9.90 Å². The Labute approximate surface area is 125 Å². The van der Waals surface area contributed by atoms with E-state index in [9.17, 15) is 4.79 Å². The molecule has 0 heterocycles. The van der Waals surface area contributed by atoms with Gasteiger partial charge < -0.3 is 10.0 Å². The lowest BCUT2D eigenvalue weighted by molar-refractivity contribution is 0.0762. The van der Waals surface area contributed by atoms with Gasteiger partial charge in [-0.1, -0.05) is 36.8 Å². The summed E-state index contributed by atoms with van der Waals surface area (Å²) in [6.07, 6.45) is 2.05. The molecule has 1 aromatic rings. The van der Waals surface area contributed by atoms with E-state index in [1.54, 1.807) is 18.2 Å². The molecule has 0 unspecified atom stereocenters. The summed E-state index contributed by atoms with van der Waals surface area (Å²) in [7, 11) is 0. The Morgan fingerprint density at radius 3 is 2.70 bits per heavy atom. The number of carbonyl (C=O) groups is 1. The first-order chi connectivity index (χ1) is 9.63. The lowest BCUT2D eigenvalue weighted by Crippen LogP contribution is -2.31. The van der Waals surface area contributed by atoms with Gasteiger partial charge in [-0.2, -0.15) is 0 Å². The SMILES string of the molecule is CCCCN(CC)C(=O)c1ccc(C#CCO)c(Cl)c1. The molecule has 1 N–H and O–H groups in total. The van der Waals surface area contributed by atoms with Crippen molar-refractivity contribution in [2.45, 2.75) is 26.7 Å². The van der Waals surface area contributed by atoms with Gasteiger partial charge >= 0.3 is 0 Å². The number of carbonyl (C=O) groups excluding carboxylic acids is 1. The molecule has 0 saturated carbocycles. The second-order valence-corrected chi connectivity index (χ2v) is 4.80. The lowest BCUT2D eigenvalue weighted by Gasteiger charge is -2.20. The van der Waals surface area contributed by atoms with Crippen LogP contribution < -0.4 is 0 Å². The third kappa shape index (κ3) is 4.56. The average molecular weight is 294 g/mol. The summed E-state index contributed by atoms with van der Waals surface area (Å²) in [5.74, 6) is 5.28. The molecule has 108 valence electrons. The second-order valence-electron chi connectivity index (χ2n) is 4.39. The molecular formula is C16H20ClNO2. The zero-order valence-electron chi connectivity index (χ0n) is 11.9. The molecule has 4 heteroatoms. The van der Waals surface area contributed by atoms with Gasteiger partial charge in [-0.25, -0.2) is 0 Å². The summed E-state index contributed by atoms with van der Waals surface area (Å²) >= 11 is 6.11. The molecule has 0 bridgehead atoms. The summed E-state index contributed by atoms with van der Waals surface area (Å²) < 4.78 is 0. The fourth-order valence-corrected chi connectivity index (χ4v) is 2.05. The van der Waals surface area contributed by atoms with Crippen LogP contribution >= 0.6 is 11.6 Å².